The van der Waals surface area contributed by atoms with E-state index in [-0.39, 0.29) is 5.78 Å². The number of halogens is 1. The van der Waals surface area contributed by atoms with E-state index >= 15 is 0 Å². The van der Waals surface area contributed by atoms with Gasteiger partial charge >= 0.3 is 0 Å². The van der Waals surface area contributed by atoms with E-state index in [0.29, 0.717) is 16.4 Å². The highest BCUT2D eigenvalue weighted by molar-refractivity contribution is 6.30. The number of carbonyl (C=O) groups is 1. The van der Waals surface area contributed by atoms with Crippen molar-refractivity contribution in [3.63, 3.8) is 0 Å². The van der Waals surface area contributed by atoms with Gasteiger partial charge in [-0.25, -0.2) is 0 Å². The van der Waals surface area contributed by atoms with Gasteiger partial charge in [0.25, 0.3) is 0 Å². The maximum atomic E-state index is 12.1. The molecule has 0 radical (unpaired) electrons. The number of hydrogen-bond acceptors (Lipinski definition) is 5. The van der Waals surface area contributed by atoms with E-state index in [4.69, 9.17) is 11.6 Å². The zero-order valence-corrected chi connectivity index (χ0v) is 13.7. The Bertz CT molecular complexity index is 716. The third kappa shape index (κ3) is 3.59. The fraction of sp³-hybridized carbons (Fsp3) is 0.375. The Balaban J connectivity index is 1.98. The zero-order valence-electron chi connectivity index (χ0n) is 12.9. The zero-order chi connectivity index (χ0) is 16.2. The molecular weight excluding hydrogens is 314 g/mol. The van der Waals surface area contributed by atoms with Crippen molar-refractivity contribution in [1.29, 1.82) is 0 Å². The standard InChI is InChI=1S/C16H18ClN5O/c1-12(23)15(11-21-9-3-2-4-10-21)16-18-19-20-22(16)14-7-5-13(17)6-8-14/h5-8,11H,2-4,9-10H2,1H3. The van der Waals surface area contributed by atoms with Crippen molar-refractivity contribution >= 4 is 23.0 Å². The molecule has 1 aromatic heterocycles. The van der Waals surface area contributed by atoms with Crippen molar-refractivity contribution in [2.45, 2.75) is 26.2 Å². The molecule has 1 saturated heterocycles. The highest BCUT2D eigenvalue weighted by atomic mass is 35.5. The number of carbonyl (C=O) groups excluding carboxylic acids is 1. The van der Waals surface area contributed by atoms with Gasteiger partial charge in [0.2, 0.25) is 0 Å². The van der Waals surface area contributed by atoms with Crippen LogP contribution in [0.15, 0.2) is 30.5 Å². The lowest BCUT2D eigenvalue weighted by atomic mass is 10.1. The molecule has 1 fully saturated rings. The molecular formula is C16H18ClN5O. The number of piperidine rings is 1. The summed E-state index contributed by atoms with van der Waals surface area (Å²) in [6, 6.07) is 7.18. The van der Waals surface area contributed by atoms with Gasteiger partial charge in [-0.15, -0.1) is 5.10 Å². The molecule has 0 aliphatic carbocycles. The number of Topliss-reactive ketones (excluding diaryl/α,β-unsaturated/α-hetero) is 1. The highest BCUT2D eigenvalue weighted by Gasteiger charge is 2.19. The maximum absolute atomic E-state index is 12.1. The smallest absolute Gasteiger partial charge is 0.192 e. The second-order valence-corrected chi connectivity index (χ2v) is 6.02. The van der Waals surface area contributed by atoms with E-state index in [1.807, 2.05) is 18.3 Å². The lowest BCUT2D eigenvalue weighted by Crippen LogP contribution is -2.25. The second kappa shape index (κ2) is 6.91. The minimum Gasteiger partial charge on any atom is -0.377 e. The van der Waals surface area contributed by atoms with Crippen molar-refractivity contribution in [2.24, 2.45) is 0 Å². The van der Waals surface area contributed by atoms with Crippen molar-refractivity contribution < 1.29 is 4.79 Å². The van der Waals surface area contributed by atoms with Crippen LogP contribution in [0, 0.1) is 0 Å². The quantitative estimate of drug-likeness (QED) is 0.806. The van der Waals surface area contributed by atoms with E-state index in [9.17, 15) is 4.79 Å². The molecule has 1 aliphatic rings. The lowest BCUT2D eigenvalue weighted by molar-refractivity contribution is -0.111. The number of aromatic nitrogens is 4. The van der Waals surface area contributed by atoms with Gasteiger partial charge in [0.1, 0.15) is 0 Å². The van der Waals surface area contributed by atoms with E-state index in [1.54, 1.807) is 16.8 Å². The van der Waals surface area contributed by atoms with Gasteiger partial charge in [-0.3, -0.25) is 4.79 Å². The Morgan fingerprint density at radius 3 is 2.52 bits per heavy atom. The summed E-state index contributed by atoms with van der Waals surface area (Å²) in [5, 5.41) is 12.4. The number of likely N-dealkylation sites (tertiary alicyclic amines) is 1. The Morgan fingerprint density at radius 2 is 1.87 bits per heavy atom. The number of ketones is 1. The Hall–Kier alpha value is -2.21. The molecule has 1 aliphatic heterocycles. The highest BCUT2D eigenvalue weighted by Crippen LogP contribution is 2.20. The number of benzene rings is 1. The number of tetrazole rings is 1. The first-order valence-corrected chi connectivity index (χ1v) is 8.04. The fourth-order valence-corrected chi connectivity index (χ4v) is 2.77. The molecule has 0 atom stereocenters. The summed E-state index contributed by atoms with van der Waals surface area (Å²) in [5.41, 5.74) is 1.28. The molecule has 23 heavy (non-hydrogen) atoms. The van der Waals surface area contributed by atoms with Gasteiger partial charge < -0.3 is 4.90 Å². The average molecular weight is 332 g/mol. The molecule has 2 aromatic rings. The first-order valence-electron chi connectivity index (χ1n) is 7.66. The van der Waals surface area contributed by atoms with Gasteiger partial charge in [0.05, 0.1) is 11.3 Å². The predicted octanol–water partition coefficient (Wildman–Crippen LogP) is 2.73. The molecule has 0 spiro atoms. The Labute approximate surface area is 139 Å². The number of nitrogens with zero attached hydrogens (tertiary/aromatic N) is 5. The van der Waals surface area contributed by atoms with E-state index in [1.165, 1.54) is 13.3 Å². The average Bonchev–Trinajstić information content (AvgIpc) is 3.03. The molecule has 2 heterocycles. The third-order valence-corrected chi connectivity index (χ3v) is 4.12. The third-order valence-electron chi connectivity index (χ3n) is 3.86. The molecule has 1 aromatic carbocycles. The first kappa shape index (κ1) is 15.7. The van der Waals surface area contributed by atoms with Crippen LogP contribution in [-0.2, 0) is 4.79 Å². The first-order chi connectivity index (χ1) is 11.1. The van der Waals surface area contributed by atoms with Gasteiger partial charge in [0.15, 0.2) is 11.6 Å². The van der Waals surface area contributed by atoms with E-state index < -0.39 is 0 Å². The largest absolute Gasteiger partial charge is 0.377 e. The maximum Gasteiger partial charge on any atom is 0.192 e. The molecule has 0 bridgehead atoms. The van der Waals surface area contributed by atoms with E-state index in [2.05, 4.69) is 20.4 Å². The van der Waals surface area contributed by atoms with Crippen LogP contribution in [0.2, 0.25) is 5.02 Å². The topological polar surface area (TPSA) is 63.9 Å². The SMILES string of the molecule is CC(=O)C(=CN1CCCCC1)c1nnnn1-c1ccc(Cl)cc1. The molecule has 7 heteroatoms. The summed E-state index contributed by atoms with van der Waals surface area (Å²) < 4.78 is 1.56. The molecule has 0 amide bonds. The summed E-state index contributed by atoms with van der Waals surface area (Å²) in [6.07, 6.45) is 5.41. The van der Waals surface area contributed by atoms with Crippen molar-refractivity contribution in [3.05, 3.63) is 41.3 Å². The predicted molar refractivity (Wildman–Crippen MR) is 88.2 cm³/mol. The summed E-state index contributed by atoms with van der Waals surface area (Å²) in [7, 11) is 0. The molecule has 0 saturated carbocycles. The molecule has 3 rings (SSSR count). The van der Waals surface area contributed by atoms with Crippen LogP contribution >= 0.6 is 11.6 Å². The van der Waals surface area contributed by atoms with Gasteiger partial charge in [-0.05, 0) is 60.9 Å². The summed E-state index contributed by atoms with van der Waals surface area (Å²) >= 11 is 5.92. The van der Waals surface area contributed by atoms with Crippen LogP contribution in [0.5, 0.6) is 0 Å². The second-order valence-electron chi connectivity index (χ2n) is 5.59. The van der Waals surface area contributed by atoms with Crippen LogP contribution in [0.4, 0.5) is 0 Å². The Morgan fingerprint density at radius 1 is 1.17 bits per heavy atom. The normalized spacial score (nSPS) is 15.7. The van der Waals surface area contributed by atoms with Crippen LogP contribution < -0.4 is 0 Å². The van der Waals surface area contributed by atoms with Gasteiger partial charge in [-0.2, -0.15) is 4.68 Å². The van der Waals surface area contributed by atoms with Gasteiger partial charge in [-0.1, -0.05) is 11.6 Å². The minimum absolute atomic E-state index is 0.0550. The molecule has 6 nitrogen and oxygen atoms in total. The van der Waals surface area contributed by atoms with E-state index in [0.717, 1.165) is 31.6 Å². The number of allylic oxidation sites excluding steroid dienone is 1. The molecule has 120 valence electrons. The van der Waals surface area contributed by atoms with Gasteiger partial charge in [0, 0.05) is 24.3 Å². The van der Waals surface area contributed by atoms with Crippen LogP contribution in [-0.4, -0.2) is 44.0 Å². The van der Waals surface area contributed by atoms with Crippen molar-refractivity contribution in [3.8, 4) is 5.69 Å². The van der Waals surface area contributed by atoms with Crippen LogP contribution in [0.25, 0.3) is 11.3 Å². The summed E-state index contributed by atoms with van der Waals surface area (Å²) in [4.78, 5) is 14.3. The number of hydrogen-bond donors (Lipinski definition) is 0. The van der Waals surface area contributed by atoms with Crippen molar-refractivity contribution in [1.82, 2.24) is 25.1 Å². The van der Waals surface area contributed by atoms with Crippen molar-refractivity contribution in [2.75, 3.05) is 13.1 Å². The lowest BCUT2D eigenvalue weighted by Gasteiger charge is -2.25. The monoisotopic (exact) mass is 331 g/mol. The number of rotatable bonds is 4. The summed E-state index contributed by atoms with van der Waals surface area (Å²) in [6.45, 7) is 3.45. The molecule has 0 unspecified atom stereocenters. The summed E-state index contributed by atoms with van der Waals surface area (Å²) in [5.74, 6) is 0.394. The van der Waals surface area contributed by atoms with Crippen LogP contribution in [0.3, 0.4) is 0 Å². The molecule has 0 N–H and O–H groups in total. The Kier molecular flexibility index (Phi) is 4.71. The fourth-order valence-electron chi connectivity index (χ4n) is 2.65. The van der Waals surface area contributed by atoms with Crippen LogP contribution in [0.1, 0.15) is 32.0 Å². The minimum atomic E-state index is -0.0550.